The maximum Gasteiger partial charge on any atom is 0.217 e. The molecule has 0 unspecified atom stereocenters. The first kappa shape index (κ1) is 13.4. The molecule has 0 aromatic carbocycles. The zero-order valence-electron chi connectivity index (χ0n) is 9.26. The Labute approximate surface area is 87.0 Å². The van der Waals surface area contributed by atoms with Crippen molar-refractivity contribution in [3.05, 3.63) is 0 Å². The normalized spacial score (nSPS) is 10.4. The highest BCUT2D eigenvalue weighted by Gasteiger charge is 1.94. The smallest absolute Gasteiger partial charge is 0.217 e. The minimum Gasteiger partial charge on any atom is -0.381 e. The molecule has 0 saturated carbocycles. The molecule has 14 heavy (non-hydrogen) atoms. The summed E-state index contributed by atoms with van der Waals surface area (Å²) in [6.07, 6.45) is 7.26. The molecule has 0 radical (unpaired) electrons. The molecule has 0 atom stereocenters. The number of nitrogens with two attached hydrogens (primary N) is 1. The van der Waals surface area contributed by atoms with Gasteiger partial charge in [-0.2, -0.15) is 0 Å². The lowest BCUT2D eigenvalue weighted by molar-refractivity contribution is -0.118. The SMILES string of the molecule is CCCCCCOCCCCC(N)=O. The third-order valence-electron chi connectivity index (χ3n) is 2.10. The maximum absolute atomic E-state index is 10.4. The van der Waals surface area contributed by atoms with E-state index in [4.69, 9.17) is 10.5 Å². The van der Waals surface area contributed by atoms with E-state index in [0.717, 1.165) is 32.5 Å². The zero-order valence-corrected chi connectivity index (χ0v) is 9.26. The van der Waals surface area contributed by atoms with Crippen LogP contribution in [-0.4, -0.2) is 19.1 Å². The second-order valence-electron chi connectivity index (χ2n) is 3.60. The van der Waals surface area contributed by atoms with Crippen molar-refractivity contribution in [1.29, 1.82) is 0 Å². The molecule has 0 aliphatic heterocycles. The van der Waals surface area contributed by atoms with Gasteiger partial charge in [0.2, 0.25) is 5.91 Å². The molecular formula is C11H23NO2. The van der Waals surface area contributed by atoms with Crippen LogP contribution in [0.25, 0.3) is 0 Å². The fraction of sp³-hybridized carbons (Fsp3) is 0.909. The van der Waals surface area contributed by atoms with Gasteiger partial charge in [-0.15, -0.1) is 0 Å². The van der Waals surface area contributed by atoms with Crippen LogP contribution in [0.2, 0.25) is 0 Å². The average molecular weight is 201 g/mol. The quantitative estimate of drug-likeness (QED) is 0.551. The van der Waals surface area contributed by atoms with E-state index in [9.17, 15) is 4.79 Å². The Balaban J connectivity index is 2.88. The highest BCUT2D eigenvalue weighted by molar-refractivity contribution is 5.73. The molecule has 0 fully saturated rings. The highest BCUT2D eigenvalue weighted by Crippen LogP contribution is 2.00. The van der Waals surface area contributed by atoms with E-state index in [-0.39, 0.29) is 5.91 Å². The first-order valence-corrected chi connectivity index (χ1v) is 5.63. The van der Waals surface area contributed by atoms with Gasteiger partial charge in [-0.3, -0.25) is 4.79 Å². The van der Waals surface area contributed by atoms with Crippen molar-refractivity contribution in [2.75, 3.05) is 13.2 Å². The number of hydrogen-bond donors (Lipinski definition) is 1. The third kappa shape index (κ3) is 11.4. The molecule has 1 amide bonds. The van der Waals surface area contributed by atoms with E-state index in [1.54, 1.807) is 0 Å². The minimum absolute atomic E-state index is 0.215. The predicted octanol–water partition coefficient (Wildman–Crippen LogP) is 2.24. The standard InChI is InChI=1S/C11H23NO2/c1-2-3-4-6-9-14-10-7-5-8-11(12)13/h2-10H2,1H3,(H2,12,13). The Morgan fingerprint density at radius 1 is 1.07 bits per heavy atom. The maximum atomic E-state index is 10.4. The minimum atomic E-state index is -0.215. The molecule has 0 aliphatic carbocycles. The Bertz CT molecular complexity index is 137. The molecule has 0 bridgehead atoms. The van der Waals surface area contributed by atoms with Crippen molar-refractivity contribution in [2.24, 2.45) is 5.73 Å². The van der Waals surface area contributed by atoms with E-state index in [2.05, 4.69) is 6.92 Å². The van der Waals surface area contributed by atoms with Gasteiger partial charge in [-0.1, -0.05) is 26.2 Å². The Morgan fingerprint density at radius 2 is 1.71 bits per heavy atom. The number of amides is 1. The van der Waals surface area contributed by atoms with Crippen LogP contribution in [0.5, 0.6) is 0 Å². The molecule has 0 heterocycles. The molecule has 2 N–H and O–H groups in total. The first-order chi connectivity index (χ1) is 6.77. The van der Waals surface area contributed by atoms with Crippen LogP contribution in [0.4, 0.5) is 0 Å². The van der Waals surface area contributed by atoms with Crippen molar-refractivity contribution in [2.45, 2.75) is 51.9 Å². The molecule has 3 heteroatoms. The Hall–Kier alpha value is -0.570. The number of carbonyl (C=O) groups excluding carboxylic acids is 1. The van der Waals surface area contributed by atoms with Crippen LogP contribution in [0, 0.1) is 0 Å². The summed E-state index contributed by atoms with van der Waals surface area (Å²) in [6.45, 7) is 3.82. The molecule has 3 nitrogen and oxygen atoms in total. The topological polar surface area (TPSA) is 52.3 Å². The number of ether oxygens (including phenoxy) is 1. The van der Waals surface area contributed by atoms with Gasteiger partial charge in [-0.05, 0) is 19.3 Å². The molecule has 0 aromatic heterocycles. The molecule has 0 aromatic rings. The summed E-state index contributed by atoms with van der Waals surface area (Å²) in [5, 5.41) is 0. The number of hydrogen-bond acceptors (Lipinski definition) is 2. The summed E-state index contributed by atoms with van der Waals surface area (Å²) in [5.41, 5.74) is 5.01. The van der Waals surface area contributed by atoms with Crippen LogP contribution in [0.3, 0.4) is 0 Å². The summed E-state index contributed by atoms with van der Waals surface area (Å²) in [6, 6.07) is 0. The molecule has 0 aliphatic rings. The lowest BCUT2D eigenvalue weighted by Gasteiger charge is -2.02. The van der Waals surface area contributed by atoms with Gasteiger partial charge in [0.05, 0.1) is 0 Å². The number of carbonyl (C=O) groups is 1. The van der Waals surface area contributed by atoms with E-state index in [1.165, 1.54) is 19.3 Å². The number of rotatable bonds is 10. The Kier molecular flexibility index (Phi) is 10.1. The third-order valence-corrected chi connectivity index (χ3v) is 2.10. The lowest BCUT2D eigenvalue weighted by Crippen LogP contribution is -2.10. The van der Waals surface area contributed by atoms with Crippen LogP contribution < -0.4 is 5.73 Å². The second kappa shape index (κ2) is 10.5. The largest absolute Gasteiger partial charge is 0.381 e. The second-order valence-corrected chi connectivity index (χ2v) is 3.60. The predicted molar refractivity (Wildman–Crippen MR) is 58.0 cm³/mol. The van der Waals surface area contributed by atoms with E-state index in [1.807, 2.05) is 0 Å². The van der Waals surface area contributed by atoms with E-state index < -0.39 is 0 Å². The van der Waals surface area contributed by atoms with Crippen LogP contribution in [0.1, 0.15) is 51.9 Å². The van der Waals surface area contributed by atoms with Crippen molar-refractivity contribution in [3.63, 3.8) is 0 Å². The fourth-order valence-electron chi connectivity index (χ4n) is 1.24. The van der Waals surface area contributed by atoms with Crippen LogP contribution in [0.15, 0.2) is 0 Å². The van der Waals surface area contributed by atoms with Crippen molar-refractivity contribution < 1.29 is 9.53 Å². The summed E-state index contributed by atoms with van der Waals surface area (Å²) in [7, 11) is 0. The van der Waals surface area contributed by atoms with Crippen LogP contribution >= 0.6 is 0 Å². The van der Waals surface area contributed by atoms with Gasteiger partial charge in [0.15, 0.2) is 0 Å². The van der Waals surface area contributed by atoms with Crippen molar-refractivity contribution in [1.82, 2.24) is 0 Å². The van der Waals surface area contributed by atoms with Gasteiger partial charge in [0, 0.05) is 19.6 Å². The molecule has 84 valence electrons. The van der Waals surface area contributed by atoms with Crippen molar-refractivity contribution >= 4 is 5.91 Å². The molecule has 0 spiro atoms. The van der Waals surface area contributed by atoms with E-state index in [0.29, 0.717) is 6.42 Å². The number of primary amides is 1. The van der Waals surface area contributed by atoms with Gasteiger partial charge in [-0.25, -0.2) is 0 Å². The molecule has 0 saturated heterocycles. The fourth-order valence-corrected chi connectivity index (χ4v) is 1.24. The average Bonchev–Trinajstić information content (AvgIpc) is 2.15. The van der Waals surface area contributed by atoms with Crippen LogP contribution in [-0.2, 0) is 9.53 Å². The van der Waals surface area contributed by atoms with Gasteiger partial charge >= 0.3 is 0 Å². The van der Waals surface area contributed by atoms with Gasteiger partial charge in [0.25, 0.3) is 0 Å². The van der Waals surface area contributed by atoms with E-state index >= 15 is 0 Å². The van der Waals surface area contributed by atoms with Crippen molar-refractivity contribution in [3.8, 4) is 0 Å². The zero-order chi connectivity index (χ0) is 10.6. The number of unbranched alkanes of at least 4 members (excludes halogenated alkanes) is 4. The van der Waals surface area contributed by atoms with Gasteiger partial charge in [0.1, 0.15) is 0 Å². The highest BCUT2D eigenvalue weighted by atomic mass is 16.5. The molecular weight excluding hydrogens is 178 g/mol. The Morgan fingerprint density at radius 3 is 2.29 bits per heavy atom. The summed E-state index contributed by atoms with van der Waals surface area (Å²) in [5.74, 6) is -0.215. The first-order valence-electron chi connectivity index (χ1n) is 5.63. The molecule has 0 rings (SSSR count). The summed E-state index contributed by atoms with van der Waals surface area (Å²) in [4.78, 5) is 10.4. The van der Waals surface area contributed by atoms with Gasteiger partial charge < -0.3 is 10.5 Å². The summed E-state index contributed by atoms with van der Waals surface area (Å²) >= 11 is 0. The monoisotopic (exact) mass is 201 g/mol. The summed E-state index contributed by atoms with van der Waals surface area (Å²) < 4.78 is 5.41. The lowest BCUT2D eigenvalue weighted by atomic mass is 10.2.